The zero-order chi connectivity index (χ0) is 17.0. The van der Waals surface area contributed by atoms with Crippen LogP contribution in [0.4, 0.5) is 0 Å². The minimum atomic E-state index is -3.58. The third-order valence-corrected chi connectivity index (χ3v) is 5.93. The molecule has 2 aliphatic rings. The number of sulfonamides is 1. The largest absolute Gasteiger partial charge is 0.352 e. The Morgan fingerprint density at radius 1 is 1.17 bits per heavy atom. The lowest BCUT2D eigenvalue weighted by molar-refractivity contribution is 0.0945. The second-order valence-corrected chi connectivity index (χ2v) is 7.93. The van der Waals surface area contributed by atoms with Crippen LogP contribution in [0.2, 0.25) is 0 Å². The van der Waals surface area contributed by atoms with E-state index >= 15 is 0 Å². The summed E-state index contributed by atoms with van der Waals surface area (Å²) >= 11 is 0. The van der Waals surface area contributed by atoms with Gasteiger partial charge in [0.1, 0.15) is 0 Å². The van der Waals surface area contributed by atoms with E-state index in [0.29, 0.717) is 18.7 Å². The van der Waals surface area contributed by atoms with E-state index in [4.69, 9.17) is 0 Å². The molecular formula is C16H24N4O3S. The number of amides is 1. The van der Waals surface area contributed by atoms with Crippen LogP contribution in [0.15, 0.2) is 23.1 Å². The van der Waals surface area contributed by atoms with Crippen molar-refractivity contribution >= 4 is 15.9 Å². The van der Waals surface area contributed by atoms with Gasteiger partial charge in [-0.05, 0) is 37.1 Å². The fourth-order valence-electron chi connectivity index (χ4n) is 3.09. The van der Waals surface area contributed by atoms with Gasteiger partial charge in [-0.15, -0.1) is 0 Å². The summed E-state index contributed by atoms with van der Waals surface area (Å²) in [5, 5.41) is 6.03. The number of carbonyl (C=O) groups is 1. The van der Waals surface area contributed by atoms with Gasteiger partial charge >= 0.3 is 0 Å². The standard InChI is InChI=1S/C16H24N4O3S/c21-16-15-12-14(3-2-13(15)4-6-18-16)24(22,23)19-5-1-9-20-10-7-17-8-11-20/h2-3,12,17,19H,1,4-11H2,(H,18,21). The molecule has 0 aliphatic carbocycles. The summed E-state index contributed by atoms with van der Waals surface area (Å²) in [7, 11) is -3.58. The number of hydrogen-bond acceptors (Lipinski definition) is 5. The normalized spacial score (nSPS) is 18.9. The van der Waals surface area contributed by atoms with Gasteiger partial charge in [0.05, 0.1) is 4.90 Å². The Bertz CT molecular complexity index is 699. The Morgan fingerprint density at radius 3 is 2.75 bits per heavy atom. The van der Waals surface area contributed by atoms with Crippen LogP contribution in [0.25, 0.3) is 0 Å². The first-order chi connectivity index (χ1) is 11.6. The summed E-state index contributed by atoms with van der Waals surface area (Å²) in [4.78, 5) is 14.3. The first kappa shape index (κ1) is 17.3. The monoisotopic (exact) mass is 352 g/mol. The van der Waals surface area contributed by atoms with E-state index in [1.165, 1.54) is 6.07 Å². The van der Waals surface area contributed by atoms with Crippen molar-refractivity contribution in [2.75, 3.05) is 45.8 Å². The van der Waals surface area contributed by atoms with E-state index in [1.54, 1.807) is 12.1 Å². The first-order valence-electron chi connectivity index (χ1n) is 8.40. The van der Waals surface area contributed by atoms with Gasteiger partial charge in [0, 0.05) is 44.8 Å². The minimum absolute atomic E-state index is 0.153. The molecule has 1 aromatic carbocycles. The highest BCUT2D eigenvalue weighted by Gasteiger charge is 2.21. The van der Waals surface area contributed by atoms with Crippen LogP contribution in [0.5, 0.6) is 0 Å². The lowest BCUT2D eigenvalue weighted by atomic mass is 10.0. The average Bonchev–Trinajstić information content (AvgIpc) is 2.60. The van der Waals surface area contributed by atoms with Crippen LogP contribution >= 0.6 is 0 Å². The van der Waals surface area contributed by atoms with Crippen molar-refractivity contribution in [3.63, 3.8) is 0 Å². The van der Waals surface area contributed by atoms with Crippen LogP contribution < -0.4 is 15.4 Å². The van der Waals surface area contributed by atoms with E-state index in [9.17, 15) is 13.2 Å². The van der Waals surface area contributed by atoms with Crippen molar-refractivity contribution in [1.29, 1.82) is 0 Å². The lowest BCUT2D eigenvalue weighted by Gasteiger charge is -2.27. The zero-order valence-electron chi connectivity index (χ0n) is 13.7. The van der Waals surface area contributed by atoms with Crippen molar-refractivity contribution in [2.24, 2.45) is 0 Å². The fourth-order valence-corrected chi connectivity index (χ4v) is 4.19. The second kappa shape index (κ2) is 7.60. The van der Waals surface area contributed by atoms with Gasteiger partial charge in [0.25, 0.3) is 5.91 Å². The molecule has 0 unspecified atom stereocenters. The van der Waals surface area contributed by atoms with Gasteiger partial charge in [-0.2, -0.15) is 0 Å². The number of fused-ring (bicyclic) bond motifs is 1. The minimum Gasteiger partial charge on any atom is -0.352 e. The number of nitrogens with one attached hydrogen (secondary N) is 3. The summed E-state index contributed by atoms with van der Waals surface area (Å²) in [5.74, 6) is -0.202. The predicted molar refractivity (Wildman–Crippen MR) is 91.6 cm³/mol. The molecule has 7 nitrogen and oxygen atoms in total. The number of carbonyl (C=O) groups excluding carboxylic acids is 1. The molecular weight excluding hydrogens is 328 g/mol. The third kappa shape index (κ3) is 4.13. The molecule has 1 amide bonds. The molecule has 132 valence electrons. The van der Waals surface area contributed by atoms with E-state index in [2.05, 4.69) is 20.3 Å². The van der Waals surface area contributed by atoms with Crippen molar-refractivity contribution in [3.8, 4) is 0 Å². The average molecular weight is 352 g/mol. The Hall–Kier alpha value is -1.48. The lowest BCUT2D eigenvalue weighted by Crippen LogP contribution is -2.44. The fraction of sp³-hybridized carbons (Fsp3) is 0.562. The first-order valence-corrected chi connectivity index (χ1v) is 9.88. The van der Waals surface area contributed by atoms with Crippen LogP contribution in [0.3, 0.4) is 0 Å². The highest BCUT2D eigenvalue weighted by molar-refractivity contribution is 7.89. The van der Waals surface area contributed by atoms with Gasteiger partial charge in [0.2, 0.25) is 10.0 Å². The molecule has 0 spiro atoms. The van der Waals surface area contributed by atoms with Crippen molar-refractivity contribution in [2.45, 2.75) is 17.7 Å². The molecule has 3 rings (SSSR count). The molecule has 0 saturated carbocycles. The van der Waals surface area contributed by atoms with E-state index in [1.807, 2.05) is 0 Å². The number of benzene rings is 1. The molecule has 3 N–H and O–H groups in total. The predicted octanol–water partition coefficient (Wildman–Crippen LogP) is -0.454. The van der Waals surface area contributed by atoms with Crippen LogP contribution in [0.1, 0.15) is 22.3 Å². The summed E-state index contributed by atoms with van der Waals surface area (Å²) in [6.07, 6.45) is 1.50. The molecule has 24 heavy (non-hydrogen) atoms. The Morgan fingerprint density at radius 2 is 1.96 bits per heavy atom. The van der Waals surface area contributed by atoms with Crippen molar-refractivity contribution in [3.05, 3.63) is 29.3 Å². The molecule has 0 radical (unpaired) electrons. The van der Waals surface area contributed by atoms with E-state index in [-0.39, 0.29) is 10.8 Å². The number of rotatable bonds is 6. The maximum Gasteiger partial charge on any atom is 0.251 e. The van der Waals surface area contributed by atoms with E-state index in [0.717, 1.165) is 51.1 Å². The van der Waals surface area contributed by atoms with Crippen LogP contribution in [-0.4, -0.2) is 65.0 Å². The van der Waals surface area contributed by atoms with Gasteiger partial charge in [-0.25, -0.2) is 13.1 Å². The summed E-state index contributed by atoms with van der Waals surface area (Å²) in [6, 6.07) is 4.79. The molecule has 8 heteroatoms. The number of piperazine rings is 1. The maximum atomic E-state index is 12.4. The molecule has 1 aromatic rings. The Balaban J connectivity index is 1.57. The van der Waals surface area contributed by atoms with Crippen LogP contribution in [0, 0.1) is 0 Å². The number of nitrogens with zero attached hydrogens (tertiary/aromatic N) is 1. The molecule has 2 aliphatic heterocycles. The van der Waals surface area contributed by atoms with Gasteiger partial charge in [-0.3, -0.25) is 4.79 Å². The Kier molecular flexibility index (Phi) is 5.50. The van der Waals surface area contributed by atoms with E-state index < -0.39 is 10.0 Å². The Labute approximate surface area is 142 Å². The smallest absolute Gasteiger partial charge is 0.251 e. The van der Waals surface area contributed by atoms with Gasteiger partial charge < -0.3 is 15.5 Å². The molecule has 0 bridgehead atoms. The van der Waals surface area contributed by atoms with Crippen molar-refractivity contribution < 1.29 is 13.2 Å². The second-order valence-electron chi connectivity index (χ2n) is 6.17. The van der Waals surface area contributed by atoms with Crippen molar-refractivity contribution in [1.82, 2.24) is 20.3 Å². The number of hydrogen-bond donors (Lipinski definition) is 3. The highest BCUT2D eigenvalue weighted by atomic mass is 32.2. The zero-order valence-corrected chi connectivity index (χ0v) is 14.5. The molecule has 0 atom stereocenters. The molecule has 2 heterocycles. The van der Waals surface area contributed by atoms with Gasteiger partial charge in [0.15, 0.2) is 0 Å². The molecule has 1 saturated heterocycles. The molecule has 1 fully saturated rings. The summed E-state index contributed by atoms with van der Waals surface area (Å²) in [6.45, 7) is 5.87. The quantitative estimate of drug-likeness (QED) is 0.603. The van der Waals surface area contributed by atoms with Crippen LogP contribution in [-0.2, 0) is 16.4 Å². The SMILES string of the molecule is O=C1NCCc2ccc(S(=O)(=O)NCCCN3CCNCC3)cc21. The topological polar surface area (TPSA) is 90.5 Å². The van der Waals surface area contributed by atoms with Gasteiger partial charge in [-0.1, -0.05) is 6.07 Å². The maximum absolute atomic E-state index is 12.4. The molecule has 0 aromatic heterocycles. The summed E-state index contributed by atoms with van der Waals surface area (Å²) in [5.41, 5.74) is 1.36. The summed E-state index contributed by atoms with van der Waals surface area (Å²) < 4.78 is 27.5. The highest BCUT2D eigenvalue weighted by Crippen LogP contribution is 2.19. The third-order valence-electron chi connectivity index (χ3n) is 4.47.